The predicted molar refractivity (Wildman–Crippen MR) is 182 cm³/mol. The maximum atomic E-state index is 11.2. The minimum absolute atomic E-state index is 0.212. The molecule has 0 aliphatic heterocycles. The molecule has 0 fully saturated rings. The Balaban J connectivity index is 1.35. The van der Waals surface area contributed by atoms with Crippen LogP contribution in [-0.4, -0.2) is 20.2 Å². The van der Waals surface area contributed by atoms with Gasteiger partial charge in [-0.1, -0.05) is 97.1 Å². The molecule has 0 saturated heterocycles. The maximum absolute atomic E-state index is 11.2. The van der Waals surface area contributed by atoms with E-state index in [4.69, 9.17) is 0 Å². The Labute approximate surface area is 259 Å². The summed E-state index contributed by atoms with van der Waals surface area (Å²) in [6, 6.07) is 49.6. The molecule has 4 nitrogen and oxygen atoms in total. The highest BCUT2D eigenvalue weighted by molar-refractivity contribution is 5.91. The highest BCUT2D eigenvalue weighted by Crippen LogP contribution is 2.57. The highest BCUT2D eigenvalue weighted by atomic mass is 16.3. The molecular formula is C41H28N2O2. The normalized spacial score (nSPS) is 13.2. The van der Waals surface area contributed by atoms with Gasteiger partial charge in [-0.15, -0.1) is 0 Å². The Morgan fingerprint density at radius 3 is 1.29 bits per heavy atom. The number of para-hydroxylation sites is 2. The summed E-state index contributed by atoms with van der Waals surface area (Å²) in [6.45, 7) is 0. The molecule has 1 aliphatic rings. The van der Waals surface area contributed by atoms with Crippen molar-refractivity contribution in [2.24, 2.45) is 0 Å². The first-order valence-corrected chi connectivity index (χ1v) is 15.1. The molecular weight excluding hydrogens is 552 g/mol. The van der Waals surface area contributed by atoms with Gasteiger partial charge in [-0.25, -0.2) is 0 Å². The van der Waals surface area contributed by atoms with Crippen molar-refractivity contribution in [3.63, 3.8) is 0 Å². The van der Waals surface area contributed by atoms with Gasteiger partial charge in [0.05, 0.1) is 16.8 Å². The third-order valence-electron chi connectivity index (χ3n) is 9.45. The molecule has 0 amide bonds. The summed E-state index contributed by atoms with van der Waals surface area (Å²) in [5, 5.41) is 24.7. The maximum Gasteiger partial charge on any atom is 0.124 e. The van der Waals surface area contributed by atoms with Crippen LogP contribution in [0.15, 0.2) is 146 Å². The summed E-state index contributed by atoms with van der Waals surface area (Å²) in [4.78, 5) is 7.03. The molecule has 9 rings (SSSR count). The number of nitrogens with one attached hydrogen (secondary N) is 2. The van der Waals surface area contributed by atoms with Crippen molar-refractivity contribution in [2.45, 2.75) is 5.41 Å². The Hall–Kier alpha value is -6.00. The van der Waals surface area contributed by atoms with Gasteiger partial charge in [0, 0.05) is 32.9 Å². The van der Waals surface area contributed by atoms with Crippen molar-refractivity contribution in [1.82, 2.24) is 9.97 Å². The zero-order valence-electron chi connectivity index (χ0n) is 24.3. The van der Waals surface area contributed by atoms with Crippen LogP contribution in [0.3, 0.4) is 0 Å². The van der Waals surface area contributed by atoms with Crippen molar-refractivity contribution in [3.05, 3.63) is 168 Å². The number of aromatic hydroxyl groups is 2. The smallest absolute Gasteiger partial charge is 0.124 e. The zero-order valence-corrected chi connectivity index (χ0v) is 24.3. The van der Waals surface area contributed by atoms with Gasteiger partial charge in [0.1, 0.15) is 11.5 Å². The molecule has 214 valence electrons. The van der Waals surface area contributed by atoms with Gasteiger partial charge < -0.3 is 20.2 Å². The summed E-state index contributed by atoms with van der Waals surface area (Å²) in [7, 11) is 0. The lowest BCUT2D eigenvalue weighted by Crippen LogP contribution is -2.28. The summed E-state index contributed by atoms with van der Waals surface area (Å²) in [5.74, 6) is 0.425. The predicted octanol–water partition coefficient (Wildman–Crippen LogP) is 9.76. The number of hydrogen-bond donors (Lipinski definition) is 4. The largest absolute Gasteiger partial charge is 0.507 e. The van der Waals surface area contributed by atoms with Gasteiger partial charge in [0.2, 0.25) is 0 Å². The standard InChI is InChI=1S/C41H28N2O2/c44-39-19-17-27(23-31(39)37-21-25-9-1-7-15-35(25)42-37)41(33-13-5-3-11-29(33)30-12-4-6-14-34(30)41)28-18-20-40(45)32(24-28)38-22-26-10-2-8-16-36(26)43-38/h1-24,42-45H. The molecule has 6 aromatic carbocycles. The Kier molecular flexibility index (Phi) is 5.38. The molecule has 0 saturated carbocycles. The minimum Gasteiger partial charge on any atom is -0.507 e. The van der Waals surface area contributed by atoms with E-state index in [1.165, 1.54) is 11.1 Å². The highest BCUT2D eigenvalue weighted by Gasteiger charge is 2.46. The van der Waals surface area contributed by atoms with Crippen molar-refractivity contribution < 1.29 is 10.2 Å². The number of rotatable bonds is 4. The Morgan fingerprint density at radius 1 is 0.400 bits per heavy atom. The number of H-pyrrole nitrogens is 2. The molecule has 45 heavy (non-hydrogen) atoms. The van der Waals surface area contributed by atoms with E-state index in [-0.39, 0.29) is 11.5 Å². The molecule has 4 N–H and O–H groups in total. The lowest BCUT2D eigenvalue weighted by molar-refractivity contribution is 0.476. The fourth-order valence-electron chi connectivity index (χ4n) is 7.43. The van der Waals surface area contributed by atoms with Crippen LogP contribution in [0.4, 0.5) is 0 Å². The zero-order chi connectivity index (χ0) is 30.1. The van der Waals surface area contributed by atoms with Crippen LogP contribution in [0.1, 0.15) is 22.3 Å². The van der Waals surface area contributed by atoms with Crippen LogP contribution >= 0.6 is 0 Å². The fourth-order valence-corrected chi connectivity index (χ4v) is 7.43. The molecule has 0 bridgehead atoms. The van der Waals surface area contributed by atoms with Crippen molar-refractivity contribution in [2.75, 3.05) is 0 Å². The average molecular weight is 581 g/mol. The molecule has 0 unspecified atom stereocenters. The molecule has 0 atom stereocenters. The molecule has 0 spiro atoms. The van der Waals surface area contributed by atoms with E-state index in [0.717, 1.165) is 66.6 Å². The van der Waals surface area contributed by atoms with Gasteiger partial charge in [-0.3, -0.25) is 0 Å². The van der Waals surface area contributed by atoms with E-state index >= 15 is 0 Å². The number of phenolic OH excluding ortho intramolecular Hbond substituents is 2. The average Bonchev–Trinajstić information content (AvgIpc) is 3.78. The van der Waals surface area contributed by atoms with Crippen LogP contribution in [0.5, 0.6) is 11.5 Å². The fraction of sp³-hybridized carbons (Fsp3) is 0.0244. The summed E-state index contributed by atoms with van der Waals surface area (Å²) in [6.07, 6.45) is 0. The first-order chi connectivity index (χ1) is 22.1. The molecule has 0 radical (unpaired) electrons. The Morgan fingerprint density at radius 2 is 0.822 bits per heavy atom. The van der Waals surface area contributed by atoms with Gasteiger partial charge in [-0.2, -0.15) is 0 Å². The molecule has 4 heteroatoms. The Bertz CT molecular complexity index is 2190. The van der Waals surface area contributed by atoms with E-state index in [0.29, 0.717) is 0 Å². The first kappa shape index (κ1) is 25.5. The van der Waals surface area contributed by atoms with Gasteiger partial charge in [0.15, 0.2) is 0 Å². The van der Waals surface area contributed by atoms with Crippen molar-refractivity contribution in [3.8, 4) is 45.1 Å². The third kappa shape index (κ3) is 3.66. The minimum atomic E-state index is -0.712. The topological polar surface area (TPSA) is 72.0 Å². The van der Waals surface area contributed by atoms with E-state index in [1.807, 2.05) is 48.5 Å². The monoisotopic (exact) mass is 580 g/mol. The summed E-state index contributed by atoms with van der Waals surface area (Å²) in [5.41, 5.74) is 11.2. The molecule has 8 aromatic rings. The van der Waals surface area contributed by atoms with Gasteiger partial charge >= 0.3 is 0 Å². The molecule has 2 heterocycles. The second kappa shape index (κ2) is 9.50. The van der Waals surface area contributed by atoms with Crippen molar-refractivity contribution >= 4 is 21.8 Å². The number of benzene rings is 6. The van der Waals surface area contributed by atoms with E-state index in [9.17, 15) is 10.2 Å². The molecule has 1 aliphatic carbocycles. The number of aromatic nitrogens is 2. The SMILES string of the molecule is Oc1ccc(C2(c3ccc(O)c(-c4cc5ccccc5[nH]4)c3)c3ccccc3-c3ccccc32)cc1-c1cc2ccccc2[nH]1. The second-order valence-electron chi connectivity index (χ2n) is 11.8. The lowest BCUT2D eigenvalue weighted by atomic mass is 9.67. The summed E-state index contributed by atoms with van der Waals surface area (Å²) < 4.78 is 0. The number of fused-ring (bicyclic) bond motifs is 5. The van der Waals surface area contributed by atoms with Crippen LogP contribution in [0, 0.1) is 0 Å². The number of aromatic amines is 2. The van der Waals surface area contributed by atoms with Crippen LogP contribution in [0.2, 0.25) is 0 Å². The number of phenols is 2. The third-order valence-corrected chi connectivity index (χ3v) is 9.45. The summed E-state index contributed by atoms with van der Waals surface area (Å²) >= 11 is 0. The lowest BCUT2D eigenvalue weighted by Gasteiger charge is -2.34. The van der Waals surface area contributed by atoms with Crippen LogP contribution in [-0.2, 0) is 5.41 Å². The van der Waals surface area contributed by atoms with Gasteiger partial charge in [0.25, 0.3) is 0 Å². The quantitative estimate of drug-likeness (QED) is 0.167. The van der Waals surface area contributed by atoms with Crippen molar-refractivity contribution in [1.29, 1.82) is 0 Å². The first-order valence-electron chi connectivity index (χ1n) is 15.1. The van der Waals surface area contributed by atoms with Crippen LogP contribution in [0.25, 0.3) is 55.4 Å². The van der Waals surface area contributed by atoms with E-state index in [1.54, 1.807) is 12.1 Å². The van der Waals surface area contributed by atoms with E-state index in [2.05, 4.69) is 94.9 Å². The van der Waals surface area contributed by atoms with Gasteiger partial charge in [-0.05, 0) is 81.9 Å². The second-order valence-corrected chi connectivity index (χ2v) is 11.8. The number of hydrogen-bond acceptors (Lipinski definition) is 2. The molecule has 2 aromatic heterocycles. The van der Waals surface area contributed by atoms with E-state index < -0.39 is 5.41 Å². The van der Waals surface area contributed by atoms with Crippen LogP contribution < -0.4 is 0 Å².